The summed E-state index contributed by atoms with van der Waals surface area (Å²) in [5, 5.41) is 4.32. The lowest BCUT2D eigenvalue weighted by atomic mass is 10.0. The van der Waals surface area contributed by atoms with Crippen molar-refractivity contribution in [3.63, 3.8) is 0 Å². The maximum atomic E-state index is 6.14. The quantitative estimate of drug-likeness (QED) is 0.845. The van der Waals surface area contributed by atoms with Crippen molar-refractivity contribution in [3.05, 3.63) is 28.3 Å². The summed E-state index contributed by atoms with van der Waals surface area (Å²) >= 11 is 6.14. The summed E-state index contributed by atoms with van der Waals surface area (Å²) < 4.78 is 11.5. The highest BCUT2D eigenvalue weighted by Gasteiger charge is 2.18. The number of halogens is 1. The van der Waals surface area contributed by atoms with Crippen LogP contribution in [0.2, 0.25) is 5.02 Å². The van der Waals surface area contributed by atoms with Gasteiger partial charge < -0.3 is 14.8 Å². The Morgan fingerprint density at radius 1 is 1.35 bits per heavy atom. The highest BCUT2D eigenvalue weighted by atomic mass is 35.5. The van der Waals surface area contributed by atoms with Crippen molar-refractivity contribution >= 4 is 11.6 Å². The minimum Gasteiger partial charge on any atom is -0.493 e. The molecule has 0 spiro atoms. The molecule has 2 aliphatic heterocycles. The van der Waals surface area contributed by atoms with E-state index in [9.17, 15) is 0 Å². The summed E-state index contributed by atoms with van der Waals surface area (Å²) in [4.78, 5) is 0. The van der Waals surface area contributed by atoms with Crippen LogP contribution in [0.5, 0.6) is 5.75 Å². The molecule has 0 aromatic heterocycles. The summed E-state index contributed by atoms with van der Waals surface area (Å²) in [6, 6.07) is 4.59. The summed E-state index contributed by atoms with van der Waals surface area (Å²) in [6.45, 7) is 3.30. The molecule has 0 saturated carbocycles. The lowest BCUT2D eigenvalue weighted by Gasteiger charge is -2.23. The zero-order valence-corrected chi connectivity index (χ0v) is 12.5. The Morgan fingerprint density at radius 3 is 3.15 bits per heavy atom. The van der Waals surface area contributed by atoms with Gasteiger partial charge >= 0.3 is 0 Å². The molecule has 2 heterocycles. The van der Waals surface area contributed by atoms with Gasteiger partial charge in [0.2, 0.25) is 0 Å². The second kappa shape index (κ2) is 6.79. The van der Waals surface area contributed by atoms with Crippen LogP contribution in [0.3, 0.4) is 0 Å². The molecule has 0 radical (unpaired) electrons. The van der Waals surface area contributed by atoms with E-state index < -0.39 is 0 Å². The van der Waals surface area contributed by atoms with Gasteiger partial charge in [-0.15, -0.1) is 0 Å². The maximum absolute atomic E-state index is 6.14. The third kappa shape index (κ3) is 3.46. The molecule has 0 aliphatic carbocycles. The van der Waals surface area contributed by atoms with Gasteiger partial charge in [-0.25, -0.2) is 0 Å². The summed E-state index contributed by atoms with van der Waals surface area (Å²) in [7, 11) is 0. The Hall–Kier alpha value is -0.770. The molecule has 1 saturated heterocycles. The first-order valence-electron chi connectivity index (χ1n) is 7.58. The van der Waals surface area contributed by atoms with Crippen LogP contribution in [0.4, 0.5) is 0 Å². The molecule has 3 nitrogen and oxygen atoms in total. The second-order valence-corrected chi connectivity index (χ2v) is 6.08. The standard InChI is InChI=1S/C16H22ClNO2/c17-14-9-12-4-8-20-16(12)13(10-14)11-19-7-5-15-3-1-2-6-18-15/h9-10,15,18H,1-8,11H2. The highest BCUT2D eigenvalue weighted by Crippen LogP contribution is 2.33. The average Bonchev–Trinajstić information content (AvgIpc) is 2.92. The van der Waals surface area contributed by atoms with Crippen molar-refractivity contribution in [2.45, 2.75) is 44.8 Å². The van der Waals surface area contributed by atoms with E-state index in [1.165, 1.54) is 24.8 Å². The first-order valence-corrected chi connectivity index (χ1v) is 7.96. The van der Waals surface area contributed by atoms with E-state index >= 15 is 0 Å². The molecular weight excluding hydrogens is 274 g/mol. The molecule has 2 aliphatic rings. The van der Waals surface area contributed by atoms with Crippen molar-refractivity contribution in [1.29, 1.82) is 0 Å². The van der Waals surface area contributed by atoms with E-state index in [0.29, 0.717) is 12.6 Å². The van der Waals surface area contributed by atoms with Gasteiger partial charge in [0.05, 0.1) is 13.2 Å². The van der Waals surface area contributed by atoms with E-state index in [2.05, 4.69) is 5.32 Å². The van der Waals surface area contributed by atoms with Gasteiger partial charge in [0, 0.05) is 29.7 Å². The van der Waals surface area contributed by atoms with Gasteiger partial charge in [-0.2, -0.15) is 0 Å². The molecule has 1 atom stereocenters. The fourth-order valence-corrected chi connectivity index (χ4v) is 3.29. The van der Waals surface area contributed by atoms with Crippen LogP contribution in [-0.4, -0.2) is 25.8 Å². The Morgan fingerprint density at radius 2 is 2.30 bits per heavy atom. The number of hydrogen-bond donors (Lipinski definition) is 1. The summed E-state index contributed by atoms with van der Waals surface area (Å²) in [5.74, 6) is 0.991. The van der Waals surface area contributed by atoms with Gasteiger partial charge in [-0.1, -0.05) is 18.0 Å². The number of nitrogens with one attached hydrogen (secondary N) is 1. The molecule has 1 unspecified atom stereocenters. The van der Waals surface area contributed by atoms with Crippen molar-refractivity contribution in [1.82, 2.24) is 5.32 Å². The number of ether oxygens (including phenoxy) is 2. The largest absolute Gasteiger partial charge is 0.493 e. The number of benzene rings is 1. The Kier molecular flexibility index (Phi) is 4.81. The van der Waals surface area contributed by atoms with E-state index in [0.717, 1.165) is 48.9 Å². The van der Waals surface area contributed by atoms with E-state index in [1.807, 2.05) is 12.1 Å². The summed E-state index contributed by atoms with van der Waals surface area (Å²) in [5.41, 5.74) is 2.30. The summed E-state index contributed by atoms with van der Waals surface area (Å²) in [6.07, 6.45) is 5.97. The zero-order valence-electron chi connectivity index (χ0n) is 11.8. The predicted octanol–water partition coefficient (Wildman–Crippen LogP) is 3.32. The normalized spacial score (nSPS) is 21.6. The Labute approximate surface area is 125 Å². The molecule has 0 amide bonds. The average molecular weight is 296 g/mol. The van der Waals surface area contributed by atoms with Crippen LogP contribution in [0.15, 0.2) is 12.1 Å². The molecular formula is C16H22ClNO2. The van der Waals surface area contributed by atoms with Crippen LogP contribution >= 0.6 is 11.6 Å². The van der Waals surface area contributed by atoms with Crippen LogP contribution < -0.4 is 10.1 Å². The van der Waals surface area contributed by atoms with Gasteiger partial charge in [0.25, 0.3) is 0 Å². The number of piperidine rings is 1. The van der Waals surface area contributed by atoms with Gasteiger partial charge in [0.15, 0.2) is 0 Å². The van der Waals surface area contributed by atoms with Gasteiger partial charge in [0.1, 0.15) is 5.75 Å². The fraction of sp³-hybridized carbons (Fsp3) is 0.625. The Bertz CT molecular complexity index is 458. The van der Waals surface area contributed by atoms with Crippen LogP contribution in [0.25, 0.3) is 0 Å². The lowest BCUT2D eigenvalue weighted by Crippen LogP contribution is -2.34. The molecule has 1 fully saturated rings. The fourth-order valence-electron chi connectivity index (χ4n) is 3.03. The molecule has 20 heavy (non-hydrogen) atoms. The van der Waals surface area contributed by atoms with Crippen LogP contribution in [-0.2, 0) is 17.8 Å². The molecule has 4 heteroatoms. The topological polar surface area (TPSA) is 30.5 Å². The Balaban J connectivity index is 1.49. The van der Waals surface area contributed by atoms with Crippen molar-refractivity contribution in [3.8, 4) is 5.75 Å². The van der Waals surface area contributed by atoms with E-state index in [4.69, 9.17) is 21.1 Å². The SMILES string of the molecule is Clc1cc2c(c(COCCC3CCCCN3)c1)OCC2. The minimum atomic E-state index is 0.593. The van der Waals surface area contributed by atoms with Crippen molar-refractivity contribution in [2.75, 3.05) is 19.8 Å². The molecule has 1 N–H and O–H groups in total. The number of rotatable bonds is 5. The third-order valence-corrected chi connectivity index (χ3v) is 4.32. The second-order valence-electron chi connectivity index (χ2n) is 5.64. The lowest BCUT2D eigenvalue weighted by molar-refractivity contribution is 0.106. The van der Waals surface area contributed by atoms with Crippen LogP contribution in [0, 0.1) is 0 Å². The molecule has 0 bridgehead atoms. The van der Waals surface area contributed by atoms with Crippen LogP contribution in [0.1, 0.15) is 36.8 Å². The molecule has 1 aromatic rings. The van der Waals surface area contributed by atoms with Crippen molar-refractivity contribution in [2.24, 2.45) is 0 Å². The highest BCUT2D eigenvalue weighted by molar-refractivity contribution is 6.30. The van der Waals surface area contributed by atoms with Crippen molar-refractivity contribution < 1.29 is 9.47 Å². The van der Waals surface area contributed by atoms with Gasteiger partial charge in [-0.05, 0) is 43.5 Å². The third-order valence-electron chi connectivity index (χ3n) is 4.11. The van der Waals surface area contributed by atoms with Gasteiger partial charge in [-0.3, -0.25) is 0 Å². The number of hydrogen-bond acceptors (Lipinski definition) is 3. The minimum absolute atomic E-state index is 0.593. The monoisotopic (exact) mass is 295 g/mol. The first kappa shape index (κ1) is 14.2. The molecule has 1 aromatic carbocycles. The predicted molar refractivity (Wildman–Crippen MR) is 80.6 cm³/mol. The molecule has 110 valence electrons. The first-order chi connectivity index (χ1) is 9.83. The number of fused-ring (bicyclic) bond motifs is 1. The molecule has 3 rings (SSSR count). The smallest absolute Gasteiger partial charge is 0.128 e. The zero-order chi connectivity index (χ0) is 13.8. The van der Waals surface area contributed by atoms with E-state index in [1.54, 1.807) is 0 Å². The maximum Gasteiger partial charge on any atom is 0.128 e. The van der Waals surface area contributed by atoms with E-state index in [-0.39, 0.29) is 0 Å².